The fourth-order valence-electron chi connectivity index (χ4n) is 2.71. The van der Waals surface area contributed by atoms with Crippen LogP contribution in [0.2, 0.25) is 0 Å². The second-order valence-electron chi connectivity index (χ2n) is 4.47. The number of ketones is 1. The zero-order valence-electron chi connectivity index (χ0n) is 9.03. The number of carbonyl (C=O) groups is 1. The third-order valence-electron chi connectivity index (χ3n) is 3.62. The summed E-state index contributed by atoms with van der Waals surface area (Å²) in [7, 11) is 2.07. The van der Waals surface area contributed by atoms with E-state index in [2.05, 4.69) is 18.9 Å². The zero-order valence-corrected chi connectivity index (χ0v) is 9.03. The van der Waals surface area contributed by atoms with Crippen molar-refractivity contribution in [3.05, 3.63) is 0 Å². The third-order valence-corrected chi connectivity index (χ3v) is 3.62. The SMILES string of the molecule is CC1OCCC1N(C)C1CCCC1=O. The fourth-order valence-corrected chi connectivity index (χ4v) is 2.71. The van der Waals surface area contributed by atoms with Gasteiger partial charge in [0.2, 0.25) is 0 Å². The Morgan fingerprint density at radius 3 is 2.71 bits per heavy atom. The number of carbonyl (C=O) groups excluding carboxylic acids is 1. The highest BCUT2D eigenvalue weighted by molar-refractivity contribution is 5.85. The summed E-state index contributed by atoms with van der Waals surface area (Å²) >= 11 is 0. The van der Waals surface area contributed by atoms with Gasteiger partial charge in [-0.05, 0) is 33.2 Å². The third kappa shape index (κ3) is 1.71. The van der Waals surface area contributed by atoms with E-state index < -0.39 is 0 Å². The summed E-state index contributed by atoms with van der Waals surface area (Å²) in [6, 6.07) is 0.617. The van der Waals surface area contributed by atoms with Gasteiger partial charge in [-0.25, -0.2) is 0 Å². The number of rotatable bonds is 2. The molecule has 14 heavy (non-hydrogen) atoms. The molecule has 0 aromatic rings. The Bertz CT molecular complexity index is 229. The van der Waals surface area contributed by atoms with Crippen LogP contribution in [0.3, 0.4) is 0 Å². The van der Waals surface area contributed by atoms with Gasteiger partial charge in [-0.1, -0.05) is 0 Å². The topological polar surface area (TPSA) is 29.5 Å². The highest BCUT2D eigenvalue weighted by atomic mass is 16.5. The Balaban J connectivity index is 1.99. The zero-order chi connectivity index (χ0) is 10.1. The van der Waals surface area contributed by atoms with E-state index in [9.17, 15) is 4.79 Å². The molecule has 0 bridgehead atoms. The lowest BCUT2D eigenvalue weighted by atomic mass is 10.1. The number of nitrogens with zero attached hydrogens (tertiary/aromatic N) is 1. The largest absolute Gasteiger partial charge is 0.377 e. The Kier molecular flexibility index (Phi) is 2.88. The van der Waals surface area contributed by atoms with E-state index in [4.69, 9.17) is 4.74 Å². The van der Waals surface area contributed by atoms with Crippen LogP contribution in [0.25, 0.3) is 0 Å². The Morgan fingerprint density at radius 1 is 1.43 bits per heavy atom. The maximum absolute atomic E-state index is 11.6. The second kappa shape index (κ2) is 3.99. The molecular weight excluding hydrogens is 178 g/mol. The predicted octanol–water partition coefficient (Wildman–Crippen LogP) is 1.22. The average molecular weight is 197 g/mol. The van der Waals surface area contributed by atoms with Crippen molar-refractivity contribution in [2.45, 2.75) is 50.8 Å². The van der Waals surface area contributed by atoms with E-state index in [0.717, 1.165) is 32.3 Å². The van der Waals surface area contributed by atoms with Crippen LogP contribution in [0.1, 0.15) is 32.6 Å². The first-order valence-electron chi connectivity index (χ1n) is 5.56. The monoisotopic (exact) mass is 197 g/mol. The lowest BCUT2D eigenvalue weighted by Gasteiger charge is -2.30. The number of likely N-dealkylation sites (N-methyl/N-ethyl adjacent to an activating group) is 1. The van der Waals surface area contributed by atoms with Crippen LogP contribution >= 0.6 is 0 Å². The van der Waals surface area contributed by atoms with E-state index in [1.807, 2.05) is 0 Å². The van der Waals surface area contributed by atoms with Gasteiger partial charge in [0, 0.05) is 19.1 Å². The van der Waals surface area contributed by atoms with Crippen LogP contribution in [0, 0.1) is 0 Å². The van der Waals surface area contributed by atoms with E-state index in [0.29, 0.717) is 11.8 Å². The summed E-state index contributed by atoms with van der Waals surface area (Å²) in [4.78, 5) is 13.8. The molecule has 1 saturated heterocycles. The molecule has 80 valence electrons. The molecule has 0 aromatic heterocycles. The van der Waals surface area contributed by atoms with Crippen LogP contribution in [0.4, 0.5) is 0 Å². The van der Waals surface area contributed by atoms with Crippen LogP contribution in [-0.4, -0.2) is 42.5 Å². The number of hydrogen-bond donors (Lipinski definition) is 0. The van der Waals surface area contributed by atoms with Crippen molar-refractivity contribution in [1.82, 2.24) is 4.90 Å². The summed E-state index contributed by atoms with van der Waals surface area (Å²) < 4.78 is 5.53. The molecule has 3 heteroatoms. The molecule has 2 aliphatic rings. The molecule has 3 nitrogen and oxygen atoms in total. The summed E-state index contributed by atoms with van der Waals surface area (Å²) in [5.41, 5.74) is 0. The molecular formula is C11H19NO2. The van der Waals surface area contributed by atoms with Crippen molar-refractivity contribution in [1.29, 1.82) is 0 Å². The lowest BCUT2D eigenvalue weighted by molar-refractivity contribution is -0.122. The van der Waals surface area contributed by atoms with Gasteiger partial charge >= 0.3 is 0 Å². The van der Waals surface area contributed by atoms with Gasteiger partial charge in [-0.15, -0.1) is 0 Å². The van der Waals surface area contributed by atoms with Gasteiger partial charge in [-0.2, -0.15) is 0 Å². The van der Waals surface area contributed by atoms with Crippen molar-refractivity contribution in [3.8, 4) is 0 Å². The van der Waals surface area contributed by atoms with Crippen molar-refractivity contribution in [2.24, 2.45) is 0 Å². The smallest absolute Gasteiger partial charge is 0.149 e. The summed E-state index contributed by atoms with van der Waals surface area (Å²) in [5.74, 6) is 0.423. The van der Waals surface area contributed by atoms with Gasteiger partial charge in [0.1, 0.15) is 5.78 Å². The molecule has 0 amide bonds. The standard InChI is InChI=1S/C11H19NO2/c1-8-9(6-7-14-8)12(2)10-4-3-5-11(10)13/h8-10H,3-7H2,1-2H3. The van der Waals surface area contributed by atoms with E-state index in [-0.39, 0.29) is 12.1 Å². The van der Waals surface area contributed by atoms with E-state index >= 15 is 0 Å². The Hall–Kier alpha value is -0.410. The summed E-state index contributed by atoms with van der Waals surface area (Å²) in [6.45, 7) is 2.95. The van der Waals surface area contributed by atoms with Crippen molar-refractivity contribution in [3.63, 3.8) is 0 Å². The Morgan fingerprint density at radius 2 is 2.21 bits per heavy atom. The maximum atomic E-state index is 11.6. The molecule has 2 fully saturated rings. The molecule has 0 aromatic carbocycles. The van der Waals surface area contributed by atoms with Crippen LogP contribution in [-0.2, 0) is 9.53 Å². The Labute approximate surface area is 85.4 Å². The summed E-state index contributed by atoms with van der Waals surface area (Å²) in [6.07, 6.45) is 4.24. The van der Waals surface area contributed by atoms with Gasteiger partial charge < -0.3 is 4.74 Å². The molecule has 3 atom stereocenters. The van der Waals surface area contributed by atoms with Crippen molar-refractivity contribution >= 4 is 5.78 Å². The molecule has 1 saturated carbocycles. The quantitative estimate of drug-likeness (QED) is 0.666. The van der Waals surface area contributed by atoms with Gasteiger partial charge in [0.25, 0.3) is 0 Å². The predicted molar refractivity (Wildman–Crippen MR) is 54.2 cm³/mol. The molecule has 1 heterocycles. The first-order valence-corrected chi connectivity index (χ1v) is 5.56. The molecule has 2 rings (SSSR count). The highest BCUT2D eigenvalue weighted by Crippen LogP contribution is 2.26. The first kappa shape index (κ1) is 10.1. The fraction of sp³-hybridized carbons (Fsp3) is 0.909. The summed E-state index contributed by atoms with van der Waals surface area (Å²) in [5, 5.41) is 0. The van der Waals surface area contributed by atoms with Gasteiger partial charge in [-0.3, -0.25) is 9.69 Å². The minimum Gasteiger partial charge on any atom is -0.377 e. The van der Waals surface area contributed by atoms with Crippen LogP contribution in [0.5, 0.6) is 0 Å². The molecule has 0 radical (unpaired) electrons. The lowest BCUT2D eigenvalue weighted by Crippen LogP contribution is -2.45. The molecule has 0 N–H and O–H groups in total. The van der Waals surface area contributed by atoms with Crippen LogP contribution < -0.4 is 0 Å². The van der Waals surface area contributed by atoms with Crippen molar-refractivity contribution < 1.29 is 9.53 Å². The minimum absolute atomic E-state index is 0.171. The number of hydrogen-bond acceptors (Lipinski definition) is 3. The second-order valence-corrected chi connectivity index (χ2v) is 4.47. The minimum atomic E-state index is 0.171. The molecule has 1 aliphatic carbocycles. The van der Waals surface area contributed by atoms with Crippen molar-refractivity contribution in [2.75, 3.05) is 13.7 Å². The van der Waals surface area contributed by atoms with Gasteiger partial charge in [0.05, 0.1) is 12.1 Å². The van der Waals surface area contributed by atoms with Gasteiger partial charge in [0.15, 0.2) is 0 Å². The number of Topliss-reactive ketones (excluding diaryl/α,β-unsaturated/α-hetero) is 1. The van der Waals surface area contributed by atoms with E-state index in [1.54, 1.807) is 0 Å². The molecule has 1 aliphatic heterocycles. The van der Waals surface area contributed by atoms with E-state index in [1.165, 1.54) is 0 Å². The first-order chi connectivity index (χ1) is 6.70. The number of ether oxygens (including phenoxy) is 1. The van der Waals surface area contributed by atoms with Crippen LogP contribution in [0.15, 0.2) is 0 Å². The maximum Gasteiger partial charge on any atom is 0.149 e. The highest BCUT2D eigenvalue weighted by Gasteiger charge is 2.36. The average Bonchev–Trinajstić information content (AvgIpc) is 2.73. The normalized spacial score (nSPS) is 38.5. The molecule has 3 unspecified atom stereocenters. The molecule has 0 spiro atoms.